The van der Waals surface area contributed by atoms with Crippen molar-refractivity contribution in [3.05, 3.63) is 23.9 Å². The number of rotatable bonds is 8. The minimum Gasteiger partial charge on any atom is -0.370 e. The molecule has 0 aliphatic carbocycles. The minimum atomic E-state index is -0.401. The van der Waals surface area contributed by atoms with Gasteiger partial charge in [0.25, 0.3) is 0 Å². The van der Waals surface area contributed by atoms with Crippen LogP contribution in [0.25, 0.3) is 0 Å². The molecule has 0 saturated carbocycles. The standard InChI is InChI=1S/C15H26N4O/c1-11(2)9-13(16)15(20)18-8-4-7-17-14-6-5-12(3)10-19-14/h5-6,10-11,13H,4,7-9,16H2,1-3H3,(H,17,19)(H,18,20)/t13-/m0/s1. The normalized spacial score (nSPS) is 12.2. The molecule has 5 heteroatoms. The van der Waals surface area contributed by atoms with Gasteiger partial charge in [0.15, 0.2) is 0 Å². The van der Waals surface area contributed by atoms with Crippen LogP contribution in [0, 0.1) is 12.8 Å². The first kappa shape index (κ1) is 16.4. The summed E-state index contributed by atoms with van der Waals surface area (Å²) in [4.78, 5) is 15.9. The third kappa shape index (κ3) is 6.52. The Balaban J connectivity index is 2.12. The smallest absolute Gasteiger partial charge is 0.236 e. The van der Waals surface area contributed by atoms with Crippen molar-refractivity contribution in [2.75, 3.05) is 18.4 Å². The Hall–Kier alpha value is -1.62. The molecule has 1 amide bonds. The van der Waals surface area contributed by atoms with Crippen LogP contribution in [0.1, 0.15) is 32.3 Å². The molecule has 5 nitrogen and oxygen atoms in total. The fourth-order valence-corrected chi connectivity index (χ4v) is 1.83. The van der Waals surface area contributed by atoms with Crippen LogP contribution in [0.15, 0.2) is 18.3 Å². The van der Waals surface area contributed by atoms with Gasteiger partial charge in [0, 0.05) is 19.3 Å². The average Bonchev–Trinajstić information content (AvgIpc) is 2.39. The molecule has 1 aromatic heterocycles. The Morgan fingerprint density at radius 3 is 2.70 bits per heavy atom. The Kier molecular flexibility index (Phi) is 7.01. The number of aryl methyl sites for hydroxylation is 1. The molecule has 1 heterocycles. The largest absolute Gasteiger partial charge is 0.370 e. The molecule has 0 spiro atoms. The van der Waals surface area contributed by atoms with E-state index in [4.69, 9.17) is 5.73 Å². The van der Waals surface area contributed by atoms with Crippen LogP contribution in [0.2, 0.25) is 0 Å². The maximum atomic E-state index is 11.7. The summed E-state index contributed by atoms with van der Waals surface area (Å²) in [5.41, 5.74) is 6.94. The van der Waals surface area contributed by atoms with Gasteiger partial charge >= 0.3 is 0 Å². The highest BCUT2D eigenvalue weighted by Crippen LogP contribution is 2.04. The monoisotopic (exact) mass is 278 g/mol. The van der Waals surface area contributed by atoms with Crippen molar-refractivity contribution in [2.24, 2.45) is 11.7 Å². The first-order chi connectivity index (χ1) is 9.49. The number of nitrogens with zero attached hydrogens (tertiary/aromatic N) is 1. The van der Waals surface area contributed by atoms with Gasteiger partial charge in [0.2, 0.25) is 5.91 Å². The van der Waals surface area contributed by atoms with E-state index in [0.717, 1.165) is 30.8 Å². The summed E-state index contributed by atoms with van der Waals surface area (Å²) in [6, 6.07) is 3.57. The van der Waals surface area contributed by atoms with Crippen molar-refractivity contribution in [1.82, 2.24) is 10.3 Å². The van der Waals surface area contributed by atoms with Crippen molar-refractivity contribution in [1.29, 1.82) is 0 Å². The number of hydrogen-bond donors (Lipinski definition) is 3. The summed E-state index contributed by atoms with van der Waals surface area (Å²) in [5.74, 6) is 1.23. The molecule has 0 aromatic carbocycles. The predicted molar refractivity (Wildman–Crippen MR) is 82.5 cm³/mol. The highest BCUT2D eigenvalue weighted by atomic mass is 16.2. The lowest BCUT2D eigenvalue weighted by Gasteiger charge is -2.14. The fourth-order valence-electron chi connectivity index (χ4n) is 1.83. The summed E-state index contributed by atoms with van der Waals surface area (Å²) in [5, 5.41) is 6.07. The molecule has 1 aromatic rings. The molecule has 0 aliphatic rings. The Morgan fingerprint density at radius 2 is 2.10 bits per heavy atom. The number of hydrogen-bond acceptors (Lipinski definition) is 4. The highest BCUT2D eigenvalue weighted by Gasteiger charge is 2.13. The molecular formula is C15H26N4O. The van der Waals surface area contributed by atoms with Crippen molar-refractivity contribution >= 4 is 11.7 Å². The van der Waals surface area contributed by atoms with E-state index >= 15 is 0 Å². The maximum absolute atomic E-state index is 11.7. The molecule has 0 radical (unpaired) electrons. The zero-order valence-electron chi connectivity index (χ0n) is 12.6. The topological polar surface area (TPSA) is 80.0 Å². The van der Waals surface area contributed by atoms with Crippen LogP contribution in [0.5, 0.6) is 0 Å². The van der Waals surface area contributed by atoms with Gasteiger partial charge in [-0.1, -0.05) is 19.9 Å². The summed E-state index contributed by atoms with van der Waals surface area (Å²) >= 11 is 0. The quantitative estimate of drug-likeness (QED) is 0.632. The molecular weight excluding hydrogens is 252 g/mol. The first-order valence-corrected chi connectivity index (χ1v) is 7.19. The average molecular weight is 278 g/mol. The molecule has 0 saturated heterocycles. The Bertz CT molecular complexity index is 403. The van der Waals surface area contributed by atoms with E-state index in [-0.39, 0.29) is 5.91 Å². The molecule has 0 aliphatic heterocycles. The van der Waals surface area contributed by atoms with E-state index < -0.39 is 6.04 Å². The number of carbonyl (C=O) groups excluding carboxylic acids is 1. The van der Waals surface area contributed by atoms with Gasteiger partial charge in [-0.3, -0.25) is 4.79 Å². The summed E-state index contributed by atoms with van der Waals surface area (Å²) < 4.78 is 0. The molecule has 0 unspecified atom stereocenters. The van der Waals surface area contributed by atoms with Crippen LogP contribution in [-0.4, -0.2) is 30.0 Å². The number of anilines is 1. The zero-order chi connectivity index (χ0) is 15.0. The van der Waals surface area contributed by atoms with Gasteiger partial charge in [-0.05, 0) is 37.3 Å². The number of aromatic nitrogens is 1. The maximum Gasteiger partial charge on any atom is 0.236 e. The number of amides is 1. The van der Waals surface area contributed by atoms with Crippen molar-refractivity contribution in [3.63, 3.8) is 0 Å². The van der Waals surface area contributed by atoms with Crippen molar-refractivity contribution < 1.29 is 4.79 Å². The first-order valence-electron chi connectivity index (χ1n) is 7.19. The lowest BCUT2D eigenvalue weighted by atomic mass is 10.0. The van der Waals surface area contributed by atoms with Crippen LogP contribution in [0.4, 0.5) is 5.82 Å². The summed E-state index contributed by atoms with van der Waals surface area (Å²) in [6.07, 6.45) is 3.39. The van der Waals surface area contributed by atoms with Gasteiger partial charge in [0.05, 0.1) is 6.04 Å². The number of carbonyl (C=O) groups is 1. The van der Waals surface area contributed by atoms with Gasteiger partial charge in [0.1, 0.15) is 5.82 Å². The SMILES string of the molecule is Cc1ccc(NCCCNC(=O)[C@@H](N)CC(C)C)nc1. The van der Waals surface area contributed by atoms with Gasteiger partial charge in [-0.25, -0.2) is 4.98 Å². The van der Waals surface area contributed by atoms with Crippen LogP contribution in [0.3, 0.4) is 0 Å². The number of pyridine rings is 1. The minimum absolute atomic E-state index is 0.0628. The lowest BCUT2D eigenvalue weighted by Crippen LogP contribution is -2.41. The second-order valence-electron chi connectivity index (χ2n) is 5.53. The van der Waals surface area contributed by atoms with Crippen molar-refractivity contribution in [3.8, 4) is 0 Å². The molecule has 0 bridgehead atoms. The lowest BCUT2D eigenvalue weighted by molar-refractivity contribution is -0.122. The van der Waals surface area contributed by atoms with E-state index in [1.807, 2.05) is 25.3 Å². The number of nitrogens with two attached hydrogens (primary N) is 1. The second kappa shape index (κ2) is 8.53. The predicted octanol–water partition coefficient (Wildman–Crippen LogP) is 1.68. The Morgan fingerprint density at radius 1 is 1.35 bits per heavy atom. The fraction of sp³-hybridized carbons (Fsp3) is 0.600. The summed E-state index contributed by atoms with van der Waals surface area (Å²) in [6.45, 7) is 7.53. The van der Waals surface area contributed by atoms with E-state index in [1.54, 1.807) is 0 Å². The van der Waals surface area contributed by atoms with E-state index in [0.29, 0.717) is 12.5 Å². The molecule has 0 fully saturated rings. The van der Waals surface area contributed by atoms with E-state index in [2.05, 4.69) is 29.5 Å². The second-order valence-corrected chi connectivity index (χ2v) is 5.53. The van der Waals surface area contributed by atoms with Gasteiger partial charge in [-0.15, -0.1) is 0 Å². The third-order valence-electron chi connectivity index (χ3n) is 2.93. The number of nitrogens with one attached hydrogen (secondary N) is 2. The van der Waals surface area contributed by atoms with E-state index in [9.17, 15) is 4.79 Å². The van der Waals surface area contributed by atoms with Crippen LogP contribution in [-0.2, 0) is 4.79 Å². The molecule has 112 valence electrons. The zero-order valence-corrected chi connectivity index (χ0v) is 12.6. The highest BCUT2D eigenvalue weighted by molar-refractivity contribution is 5.81. The Labute approximate surface area is 121 Å². The summed E-state index contributed by atoms with van der Waals surface area (Å²) in [7, 11) is 0. The van der Waals surface area contributed by atoms with Crippen LogP contribution >= 0.6 is 0 Å². The third-order valence-corrected chi connectivity index (χ3v) is 2.93. The van der Waals surface area contributed by atoms with Crippen molar-refractivity contribution in [2.45, 2.75) is 39.7 Å². The van der Waals surface area contributed by atoms with Gasteiger partial charge in [-0.2, -0.15) is 0 Å². The van der Waals surface area contributed by atoms with Gasteiger partial charge < -0.3 is 16.4 Å². The molecule has 1 rings (SSSR count). The molecule has 4 N–H and O–H groups in total. The van der Waals surface area contributed by atoms with Crippen LogP contribution < -0.4 is 16.4 Å². The molecule has 1 atom stereocenters. The molecule has 20 heavy (non-hydrogen) atoms. The van der Waals surface area contributed by atoms with E-state index in [1.165, 1.54) is 0 Å².